The minimum absolute atomic E-state index is 0.0443. The number of ketones is 1. The summed E-state index contributed by atoms with van der Waals surface area (Å²) in [6.45, 7) is 8.51. The number of fused-ring (bicyclic) bond motifs is 7. The summed E-state index contributed by atoms with van der Waals surface area (Å²) in [5.41, 5.74) is -0.453. The Kier molecular flexibility index (Phi) is 10.5. The number of aliphatic hydroxyl groups is 7. The minimum atomic E-state index is -1.73. The highest BCUT2D eigenvalue weighted by atomic mass is 16.7. The van der Waals surface area contributed by atoms with Gasteiger partial charge in [0.05, 0.1) is 32.0 Å². The zero-order valence-corrected chi connectivity index (χ0v) is 31.4. The third-order valence-corrected chi connectivity index (χ3v) is 16.0. The summed E-state index contributed by atoms with van der Waals surface area (Å²) in [6.07, 6.45) is -7.31. The summed E-state index contributed by atoms with van der Waals surface area (Å²) in [6, 6.07) is 0. The smallest absolute Gasteiger partial charge is 0.187 e. The number of hydrogen-bond donors (Lipinski definition) is 7. The Hall–Kier alpha value is -0.850. The molecule has 0 bridgehead atoms. The van der Waals surface area contributed by atoms with Crippen LogP contribution in [0.5, 0.6) is 0 Å². The van der Waals surface area contributed by atoms with Gasteiger partial charge < -0.3 is 64.2 Å². The van der Waals surface area contributed by atoms with Gasteiger partial charge in [-0.1, -0.05) is 27.7 Å². The molecule has 7 N–H and O–H groups in total. The van der Waals surface area contributed by atoms with Crippen LogP contribution in [0.3, 0.4) is 0 Å². The molecule has 0 aromatic rings. The Balaban J connectivity index is 0.909. The number of carbonyl (C=O) groups excluding carboxylic acids is 1. The number of aliphatic hydroxyl groups excluding tert-OH is 7. The second-order valence-corrected chi connectivity index (χ2v) is 18.6. The van der Waals surface area contributed by atoms with Gasteiger partial charge in [-0.15, -0.1) is 0 Å². The lowest BCUT2D eigenvalue weighted by molar-refractivity contribution is -0.364. The molecule has 1 spiro atoms. The van der Waals surface area contributed by atoms with Crippen molar-refractivity contribution in [2.45, 2.75) is 165 Å². The van der Waals surface area contributed by atoms with Crippen molar-refractivity contribution < 1.29 is 69.0 Å². The maximum Gasteiger partial charge on any atom is 0.187 e. The van der Waals surface area contributed by atoms with Crippen LogP contribution in [0, 0.1) is 52.3 Å². The van der Waals surface area contributed by atoms with Gasteiger partial charge in [0.1, 0.15) is 54.6 Å². The zero-order chi connectivity index (χ0) is 37.8. The summed E-state index contributed by atoms with van der Waals surface area (Å²) < 4.78 is 36.7. The highest BCUT2D eigenvalue weighted by Gasteiger charge is 2.72. The molecule has 0 amide bonds. The third kappa shape index (κ3) is 6.03. The zero-order valence-electron chi connectivity index (χ0n) is 31.4. The fourth-order valence-corrected chi connectivity index (χ4v) is 12.9. The number of rotatable bonds is 6. The molecule has 14 nitrogen and oxygen atoms in total. The fraction of sp³-hybridized carbons (Fsp3) is 0.974. The Morgan fingerprint density at radius 2 is 1.47 bits per heavy atom. The van der Waals surface area contributed by atoms with E-state index >= 15 is 0 Å². The average Bonchev–Trinajstić information content (AvgIpc) is 3.59. The van der Waals surface area contributed by atoms with Crippen molar-refractivity contribution in [3.63, 3.8) is 0 Å². The molecule has 8 rings (SSSR count). The van der Waals surface area contributed by atoms with Gasteiger partial charge >= 0.3 is 0 Å². The Bertz CT molecular complexity index is 1340. The van der Waals surface area contributed by atoms with Crippen LogP contribution in [-0.4, -0.2) is 141 Å². The molecule has 4 aliphatic heterocycles. The molecule has 0 aromatic heterocycles. The molecule has 14 heteroatoms. The molecule has 22 atom stereocenters. The normalized spacial score (nSPS) is 58.2. The lowest BCUT2D eigenvalue weighted by atomic mass is 9.44. The largest absolute Gasteiger partial charge is 0.394 e. The fourth-order valence-electron chi connectivity index (χ4n) is 12.9. The second-order valence-electron chi connectivity index (χ2n) is 18.6. The maximum absolute atomic E-state index is 14.5. The first kappa shape index (κ1) is 39.0. The average molecular weight is 755 g/mol. The van der Waals surface area contributed by atoms with Crippen LogP contribution in [0.25, 0.3) is 0 Å². The standard InChI is InChI=1S/C39H62O14/c1-17-7-10-39(48-16-17)18(2)28-24(53-39)12-23-21-6-5-19-11-20(8-9-37(19,3)22(21)13-27(42)38(23,28)4)49-35-33(47)31(45)34(26(15-41)51-35)52-36-32(46)30(44)29(43)25(14-40)50-36/h17-26,28-36,40-41,43-47H,5-16H2,1-4H3/t17-,18+,19+,20+,21-,22+,23+,24+,25-,26-,28+,29-,30+,31-,32-,33-,34+,35-,36+,37+,38-,39?/m1/s1. The summed E-state index contributed by atoms with van der Waals surface area (Å²) >= 11 is 0. The molecule has 8 aliphatic rings. The van der Waals surface area contributed by atoms with Gasteiger partial charge in [0.15, 0.2) is 18.4 Å². The van der Waals surface area contributed by atoms with Crippen LogP contribution in [0.2, 0.25) is 0 Å². The molecular formula is C39H62O14. The molecular weight excluding hydrogens is 692 g/mol. The van der Waals surface area contributed by atoms with E-state index in [0.717, 1.165) is 44.9 Å². The van der Waals surface area contributed by atoms with E-state index in [9.17, 15) is 40.5 Å². The topological polar surface area (TPSA) is 214 Å². The quantitative estimate of drug-likeness (QED) is 0.185. The van der Waals surface area contributed by atoms with E-state index in [4.69, 9.17) is 28.4 Å². The number of hydrogen-bond acceptors (Lipinski definition) is 14. The van der Waals surface area contributed by atoms with Crippen molar-refractivity contribution in [1.82, 2.24) is 0 Å². The van der Waals surface area contributed by atoms with Crippen LogP contribution in [0.4, 0.5) is 0 Å². The van der Waals surface area contributed by atoms with Crippen molar-refractivity contribution in [3.8, 4) is 0 Å². The third-order valence-electron chi connectivity index (χ3n) is 16.0. The summed E-state index contributed by atoms with van der Waals surface area (Å²) in [7, 11) is 0. The number of ether oxygens (including phenoxy) is 6. The molecule has 4 heterocycles. The van der Waals surface area contributed by atoms with Crippen LogP contribution in [0.1, 0.15) is 85.5 Å². The van der Waals surface area contributed by atoms with Gasteiger partial charge in [-0.2, -0.15) is 0 Å². The highest BCUT2D eigenvalue weighted by molar-refractivity contribution is 5.87. The molecule has 0 aromatic carbocycles. The van der Waals surface area contributed by atoms with E-state index in [-0.39, 0.29) is 35.4 Å². The van der Waals surface area contributed by atoms with Gasteiger partial charge in [-0.25, -0.2) is 0 Å². The van der Waals surface area contributed by atoms with Gasteiger partial charge in [-0.3, -0.25) is 4.79 Å². The van der Waals surface area contributed by atoms with Crippen molar-refractivity contribution in [3.05, 3.63) is 0 Å². The Morgan fingerprint density at radius 1 is 0.774 bits per heavy atom. The predicted octanol–water partition coefficient (Wildman–Crippen LogP) is 0.621. The van der Waals surface area contributed by atoms with Crippen LogP contribution < -0.4 is 0 Å². The van der Waals surface area contributed by atoms with E-state index < -0.39 is 85.8 Å². The molecule has 302 valence electrons. The summed E-state index contributed by atoms with van der Waals surface area (Å²) in [5.74, 6) is 2.02. The van der Waals surface area contributed by atoms with Gasteiger partial charge in [-0.05, 0) is 80.0 Å². The van der Waals surface area contributed by atoms with Crippen LogP contribution in [0.15, 0.2) is 0 Å². The predicted molar refractivity (Wildman–Crippen MR) is 183 cm³/mol. The molecule has 53 heavy (non-hydrogen) atoms. The SMILES string of the molecule is C[C@@H]1CCC2(OC1)O[C@H]1C[C@H]3[C@@H]4CC[C@H]5C[C@@H](O[C@@H]6O[C@H](CO)[C@H](O[C@@H]7O[C@H](CO)[C@@H](O)[C@H](O)[C@H]7O)[C@H](O)[C@H]6O)CC[C@]5(C)[C@H]4CC(=O)[C@]3(C)[C@H]1[C@@H]2C. The molecule has 8 fully saturated rings. The molecule has 4 saturated carbocycles. The van der Waals surface area contributed by atoms with Gasteiger partial charge in [0.25, 0.3) is 0 Å². The monoisotopic (exact) mass is 754 g/mol. The van der Waals surface area contributed by atoms with E-state index in [0.29, 0.717) is 48.9 Å². The van der Waals surface area contributed by atoms with E-state index in [2.05, 4.69) is 27.7 Å². The Labute approximate surface area is 311 Å². The van der Waals surface area contributed by atoms with E-state index in [1.165, 1.54) is 0 Å². The van der Waals surface area contributed by atoms with E-state index in [1.807, 2.05) is 0 Å². The number of carbonyl (C=O) groups is 1. The first-order chi connectivity index (χ1) is 25.2. The van der Waals surface area contributed by atoms with Gasteiger partial charge in [0, 0.05) is 30.1 Å². The lowest BCUT2D eigenvalue weighted by Crippen LogP contribution is -2.65. The molecule has 0 radical (unpaired) electrons. The summed E-state index contributed by atoms with van der Waals surface area (Å²) in [5, 5.41) is 72.8. The van der Waals surface area contributed by atoms with Crippen LogP contribution >= 0.6 is 0 Å². The first-order valence-corrected chi connectivity index (χ1v) is 20.3. The molecule has 4 aliphatic carbocycles. The van der Waals surface area contributed by atoms with E-state index in [1.54, 1.807) is 0 Å². The first-order valence-electron chi connectivity index (χ1n) is 20.3. The highest BCUT2D eigenvalue weighted by Crippen LogP contribution is 2.70. The van der Waals surface area contributed by atoms with Crippen molar-refractivity contribution >= 4 is 5.78 Å². The Morgan fingerprint density at radius 3 is 2.17 bits per heavy atom. The van der Waals surface area contributed by atoms with Crippen LogP contribution in [-0.2, 0) is 33.2 Å². The van der Waals surface area contributed by atoms with Crippen molar-refractivity contribution in [2.24, 2.45) is 52.3 Å². The van der Waals surface area contributed by atoms with Crippen molar-refractivity contribution in [1.29, 1.82) is 0 Å². The van der Waals surface area contributed by atoms with Gasteiger partial charge in [0.2, 0.25) is 0 Å². The molecule has 1 unspecified atom stereocenters. The maximum atomic E-state index is 14.5. The summed E-state index contributed by atoms with van der Waals surface area (Å²) in [4.78, 5) is 14.5. The number of Topliss-reactive ketones (excluding diaryl/α,β-unsaturated/α-hetero) is 1. The molecule has 4 saturated heterocycles. The minimum Gasteiger partial charge on any atom is -0.394 e. The second kappa shape index (κ2) is 14.2. The van der Waals surface area contributed by atoms with Crippen molar-refractivity contribution in [2.75, 3.05) is 19.8 Å². The lowest BCUT2D eigenvalue weighted by Gasteiger charge is -2.60.